The average molecular weight is 291 g/mol. The van der Waals surface area contributed by atoms with E-state index in [4.69, 9.17) is 9.84 Å². The van der Waals surface area contributed by atoms with E-state index < -0.39 is 0 Å². The third-order valence-electron chi connectivity index (χ3n) is 3.47. The number of aromatic nitrogens is 2. The van der Waals surface area contributed by atoms with Gasteiger partial charge in [-0.2, -0.15) is 5.10 Å². The maximum Gasteiger partial charge on any atom is 0.127 e. The minimum Gasteiger partial charge on any atom is -0.508 e. The summed E-state index contributed by atoms with van der Waals surface area (Å²) < 4.78 is 6.90. The van der Waals surface area contributed by atoms with Crippen molar-refractivity contribution in [3.63, 3.8) is 0 Å². The van der Waals surface area contributed by atoms with Gasteiger partial charge in [-0.15, -0.1) is 0 Å². The zero-order valence-corrected chi connectivity index (χ0v) is 12.6. The molecule has 6 heteroatoms. The normalized spacial score (nSPS) is 10.7. The van der Waals surface area contributed by atoms with E-state index in [1.165, 1.54) is 0 Å². The van der Waals surface area contributed by atoms with Crippen molar-refractivity contribution in [1.29, 1.82) is 0 Å². The maximum atomic E-state index is 9.90. The second-order valence-corrected chi connectivity index (χ2v) is 4.85. The summed E-state index contributed by atoms with van der Waals surface area (Å²) in [7, 11) is 1.59. The van der Waals surface area contributed by atoms with Gasteiger partial charge in [0.05, 0.1) is 26.0 Å². The summed E-state index contributed by atoms with van der Waals surface area (Å²) in [4.78, 5) is 0. The minimum absolute atomic E-state index is 0.0274. The smallest absolute Gasteiger partial charge is 0.127 e. The lowest BCUT2D eigenvalue weighted by Crippen LogP contribution is -2.11. The Hall–Kier alpha value is -2.21. The number of hydrogen-bond donors (Lipinski definition) is 3. The first-order valence-electron chi connectivity index (χ1n) is 6.81. The highest BCUT2D eigenvalue weighted by Gasteiger charge is 2.12. The fourth-order valence-electron chi connectivity index (χ4n) is 2.16. The molecule has 6 nitrogen and oxygen atoms in total. The Balaban J connectivity index is 2.20. The predicted octanol–water partition coefficient (Wildman–Crippen LogP) is 1.82. The van der Waals surface area contributed by atoms with Crippen LogP contribution < -0.4 is 10.1 Å². The van der Waals surface area contributed by atoms with Gasteiger partial charge < -0.3 is 20.3 Å². The summed E-state index contributed by atoms with van der Waals surface area (Å²) in [5.41, 5.74) is 2.69. The van der Waals surface area contributed by atoms with E-state index in [1.807, 2.05) is 13.8 Å². The van der Waals surface area contributed by atoms with Crippen LogP contribution in [0.3, 0.4) is 0 Å². The third-order valence-corrected chi connectivity index (χ3v) is 3.47. The number of nitrogens with zero attached hydrogens (tertiary/aromatic N) is 2. The molecule has 0 aliphatic carbocycles. The summed E-state index contributed by atoms with van der Waals surface area (Å²) >= 11 is 0. The number of nitrogens with one attached hydrogen (secondary N) is 1. The van der Waals surface area contributed by atoms with Crippen LogP contribution in [0.15, 0.2) is 18.2 Å². The van der Waals surface area contributed by atoms with Gasteiger partial charge in [-0.3, -0.25) is 0 Å². The van der Waals surface area contributed by atoms with Crippen molar-refractivity contribution in [2.45, 2.75) is 26.9 Å². The number of anilines is 1. The largest absolute Gasteiger partial charge is 0.508 e. The second kappa shape index (κ2) is 6.49. The summed E-state index contributed by atoms with van der Waals surface area (Å²) in [6, 6.07) is 5.11. The number of aromatic hydroxyl groups is 1. The van der Waals surface area contributed by atoms with Gasteiger partial charge in [0.2, 0.25) is 0 Å². The number of phenolic OH excluding ortho intramolecular Hbond substituents is 1. The molecule has 2 rings (SSSR count). The van der Waals surface area contributed by atoms with Gasteiger partial charge in [-0.25, -0.2) is 4.68 Å². The zero-order valence-electron chi connectivity index (χ0n) is 12.6. The number of hydrogen-bond acceptors (Lipinski definition) is 5. The molecule has 0 saturated heterocycles. The van der Waals surface area contributed by atoms with E-state index in [0.717, 1.165) is 22.6 Å². The van der Waals surface area contributed by atoms with Crippen molar-refractivity contribution in [1.82, 2.24) is 9.78 Å². The molecule has 0 aliphatic heterocycles. The summed E-state index contributed by atoms with van der Waals surface area (Å²) in [6.45, 7) is 4.81. The SMILES string of the molecule is COc1ccc(O)c(CNc2c(C)c(C)nn2CCO)c1. The highest BCUT2D eigenvalue weighted by molar-refractivity contribution is 5.49. The molecule has 0 aliphatic rings. The van der Waals surface area contributed by atoms with E-state index >= 15 is 0 Å². The topological polar surface area (TPSA) is 79.5 Å². The van der Waals surface area contributed by atoms with Crippen LogP contribution in [-0.2, 0) is 13.1 Å². The number of benzene rings is 1. The van der Waals surface area contributed by atoms with E-state index in [9.17, 15) is 5.11 Å². The Morgan fingerprint density at radius 1 is 1.33 bits per heavy atom. The molecular weight excluding hydrogens is 270 g/mol. The van der Waals surface area contributed by atoms with E-state index in [0.29, 0.717) is 18.8 Å². The van der Waals surface area contributed by atoms with E-state index in [1.54, 1.807) is 30.0 Å². The Labute approximate surface area is 124 Å². The van der Waals surface area contributed by atoms with Crippen LogP contribution in [0.4, 0.5) is 5.82 Å². The van der Waals surface area contributed by atoms with Crippen molar-refractivity contribution in [3.05, 3.63) is 35.0 Å². The molecular formula is C15H21N3O3. The van der Waals surface area contributed by atoms with Gasteiger partial charge in [-0.1, -0.05) is 0 Å². The monoisotopic (exact) mass is 291 g/mol. The predicted molar refractivity (Wildman–Crippen MR) is 80.8 cm³/mol. The van der Waals surface area contributed by atoms with Crippen LogP contribution in [0.5, 0.6) is 11.5 Å². The Morgan fingerprint density at radius 3 is 2.76 bits per heavy atom. The third kappa shape index (κ3) is 3.28. The number of rotatable bonds is 6. The molecule has 114 valence electrons. The maximum absolute atomic E-state index is 9.90. The fraction of sp³-hybridized carbons (Fsp3) is 0.400. The first kappa shape index (κ1) is 15.2. The lowest BCUT2D eigenvalue weighted by Gasteiger charge is -2.12. The molecule has 1 aromatic heterocycles. The van der Waals surface area contributed by atoms with Crippen LogP contribution in [-0.4, -0.2) is 33.7 Å². The summed E-state index contributed by atoms with van der Waals surface area (Å²) in [5.74, 6) is 1.76. The molecule has 0 bridgehead atoms. The standard InChI is InChI=1S/C15H21N3O3/c1-10-11(2)17-18(6-7-19)15(10)16-9-12-8-13(21-3)4-5-14(12)20/h4-5,8,16,19-20H,6-7,9H2,1-3H3. The quantitative estimate of drug-likeness (QED) is 0.756. The Bertz CT molecular complexity index is 623. The Morgan fingerprint density at radius 2 is 2.10 bits per heavy atom. The molecule has 3 N–H and O–H groups in total. The lowest BCUT2D eigenvalue weighted by atomic mass is 10.2. The number of methoxy groups -OCH3 is 1. The van der Waals surface area contributed by atoms with Gasteiger partial charge in [0.25, 0.3) is 0 Å². The second-order valence-electron chi connectivity index (χ2n) is 4.85. The highest BCUT2D eigenvalue weighted by atomic mass is 16.5. The number of ether oxygens (including phenoxy) is 1. The highest BCUT2D eigenvalue weighted by Crippen LogP contribution is 2.25. The molecule has 0 amide bonds. The Kier molecular flexibility index (Phi) is 4.70. The van der Waals surface area contributed by atoms with Gasteiger partial charge in [0.1, 0.15) is 17.3 Å². The molecule has 0 unspecified atom stereocenters. The van der Waals surface area contributed by atoms with Gasteiger partial charge >= 0.3 is 0 Å². The lowest BCUT2D eigenvalue weighted by molar-refractivity contribution is 0.270. The van der Waals surface area contributed by atoms with Gasteiger partial charge in [0, 0.05) is 17.7 Å². The van der Waals surface area contributed by atoms with Crippen molar-refractivity contribution in [3.8, 4) is 11.5 Å². The van der Waals surface area contributed by atoms with Gasteiger partial charge in [0.15, 0.2) is 0 Å². The summed E-state index contributed by atoms with van der Waals surface area (Å²) in [6.07, 6.45) is 0. The molecule has 0 fully saturated rings. The molecule has 0 atom stereocenters. The molecule has 0 radical (unpaired) electrons. The number of aliphatic hydroxyl groups excluding tert-OH is 1. The van der Waals surface area contributed by atoms with Crippen LogP contribution in [0, 0.1) is 13.8 Å². The number of aryl methyl sites for hydroxylation is 1. The molecule has 2 aromatic rings. The molecule has 1 heterocycles. The minimum atomic E-state index is 0.0274. The van der Waals surface area contributed by atoms with Crippen molar-refractivity contribution >= 4 is 5.82 Å². The first-order chi connectivity index (χ1) is 10.1. The van der Waals surface area contributed by atoms with Crippen LogP contribution in [0.25, 0.3) is 0 Å². The van der Waals surface area contributed by atoms with Crippen molar-refractivity contribution in [2.24, 2.45) is 0 Å². The van der Waals surface area contributed by atoms with Crippen molar-refractivity contribution < 1.29 is 14.9 Å². The first-order valence-corrected chi connectivity index (χ1v) is 6.81. The molecule has 1 aromatic carbocycles. The van der Waals surface area contributed by atoms with E-state index in [-0.39, 0.29) is 12.4 Å². The molecule has 21 heavy (non-hydrogen) atoms. The number of aliphatic hydroxyl groups is 1. The van der Waals surface area contributed by atoms with Crippen molar-refractivity contribution in [2.75, 3.05) is 19.0 Å². The van der Waals surface area contributed by atoms with Crippen LogP contribution in [0.2, 0.25) is 0 Å². The summed E-state index contributed by atoms with van der Waals surface area (Å²) in [5, 5.41) is 26.6. The molecule has 0 spiro atoms. The number of phenols is 1. The zero-order chi connectivity index (χ0) is 15.4. The van der Waals surface area contributed by atoms with Crippen LogP contribution >= 0.6 is 0 Å². The fourth-order valence-corrected chi connectivity index (χ4v) is 2.16. The average Bonchev–Trinajstić information content (AvgIpc) is 2.74. The molecule has 0 saturated carbocycles. The van der Waals surface area contributed by atoms with Gasteiger partial charge in [-0.05, 0) is 32.0 Å². The van der Waals surface area contributed by atoms with E-state index in [2.05, 4.69) is 10.4 Å². The van der Waals surface area contributed by atoms with Crippen LogP contribution in [0.1, 0.15) is 16.8 Å².